The van der Waals surface area contributed by atoms with Gasteiger partial charge in [-0.2, -0.15) is 15.0 Å². The Balaban J connectivity index is 1.67. The summed E-state index contributed by atoms with van der Waals surface area (Å²) in [7, 11) is 1.83. The van der Waals surface area contributed by atoms with Gasteiger partial charge in [0.05, 0.1) is 6.10 Å². The van der Waals surface area contributed by atoms with Gasteiger partial charge in [-0.25, -0.2) is 0 Å². The molecule has 1 saturated heterocycles. The van der Waals surface area contributed by atoms with Crippen molar-refractivity contribution in [3.63, 3.8) is 0 Å². The summed E-state index contributed by atoms with van der Waals surface area (Å²) in [5.74, 6) is 2.18. The number of nitrogens with one attached hydrogen (secondary N) is 4. The molecule has 1 aromatic rings. The summed E-state index contributed by atoms with van der Waals surface area (Å²) in [6, 6.07) is 0. The minimum absolute atomic E-state index is 0.0902. The molecule has 0 bridgehead atoms. The van der Waals surface area contributed by atoms with Crippen LogP contribution in [0.2, 0.25) is 0 Å². The molecule has 0 aliphatic carbocycles. The summed E-state index contributed by atoms with van der Waals surface area (Å²) in [5.41, 5.74) is 0.180. The largest absolute Gasteiger partial charge is 0.396 e. The second-order valence-electron chi connectivity index (χ2n) is 15.1. The van der Waals surface area contributed by atoms with E-state index < -0.39 is 0 Å². The lowest BCUT2D eigenvalue weighted by molar-refractivity contribution is -0.00438. The average molecular weight is 648 g/mol. The molecule has 5 N–H and O–H groups in total. The normalized spacial score (nSPS) is 16.8. The van der Waals surface area contributed by atoms with Gasteiger partial charge in [-0.05, 0) is 65.7 Å². The first kappa shape index (κ1) is 40.5. The van der Waals surface area contributed by atoms with Gasteiger partial charge in [0.15, 0.2) is 0 Å². The molecule has 0 amide bonds. The molecule has 1 aromatic heterocycles. The molecule has 268 valence electrons. The highest BCUT2D eigenvalue weighted by atomic mass is 16.5. The van der Waals surface area contributed by atoms with Gasteiger partial charge < -0.3 is 31.1 Å². The fraction of sp³-hybridized carbons (Fsp3) is 0.919. The Bertz CT molecular complexity index is 882. The summed E-state index contributed by atoms with van der Waals surface area (Å²) < 4.78 is 6.00. The van der Waals surface area contributed by atoms with E-state index in [1.165, 1.54) is 96.3 Å². The summed E-state index contributed by atoms with van der Waals surface area (Å²) in [6.45, 7) is 13.8. The number of methoxy groups -OCH3 is 1. The molecule has 46 heavy (non-hydrogen) atoms. The van der Waals surface area contributed by atoms with Crippen LogP contribution >= 0.6 is 0 Å². The molecule has 1 atom stereocenters. The number of nitrogens with zero attached hydrogens (tertiary/aromatic N) is 3. The lowest BCUT2D eigenvalue weighted by atomic mass is 9.73. The number of aromatic nitrogens is 3. The Kier molecular flexibility index (Phi) is 20.8. The van der Waals surface area contributed by atoms with Gasteiger partial charge in [0.1, 0.15) is 0 Å². The second kappa shape index (κ2) is 23.6. The van der Waals surface area contributed by atoms with Crippen LogP contribution in [0, 0.1) is 5.92 Å². The molecule has 1 unspecified atom stereocenters. The average Bonchev–Trinajstić information content (AvgIpc) is 2.99. The molecule has 0 spiro atoms. The van der Waals surface area contributed by atoms with E-state index in [-0.39, 0.29) is 23.8 Å². The molecule has 0 aromatic carbocycles. The Morgan fingerprint density at radius 2 is 1.04 bits per heavy atom. The Morgan fingerprint density at radius 1 is 0.652 bits per heavy atom. The Hall–Kier alpha value is -1.71. The zero-order valence-electron chi connectivity index (χ0n) is 30.8. The van der Waals surface area contributed by atoms with Gasteiger partial charge in [0.2, 0.25) is 17.8 Å². The van der Waals surface area contributed by atoms with Crippen molar-refractivity contribution >= 4 is 17.8 Å². The number of unbranched alkanes of at least 4 members (excludes halogenated alkanes) is 15. The van der Waals surface area contributed by atoms with Crippen molar-refractivity contribution in [2.24, 2.45) is 5.92 Å². The van der Waals surface area contributed by atoms with E-state index in [2.05, 4.69) is 70.8 Å². The van der Waals surface area contributed by atoms with E-state index >= 15 is 0 Å². The maximum absolute atomic E-state index is 9.20. The molecule has 9 nitrogen and oxygen atoms in total. The van der Waals surface area contributed by atoms with E-state index in [9.17, 15) is 5.11 Å². The molecule has 2 heterocycles. The van der Waals surface area contributed by atoms with Crippen LogP contribution in [0.15, 0.2) is 0 Å². The van der Waals surface area contributed by atoms with Gasteiger partial charge >= 0.3 is 0 Å². The van der Waals surface area contributed by atoms with Crippen molar-refractivity contribution in [1.29, 1.82) is 0 Å². The van der Waals surface area contributed by atoms with Crippen LogP contribution in [0.4, 0.5) is 17.8 Å². The van der Waals surface area contributed by atoms with Crippen LogP contribution in [0.25, 0.3) is 0 Å². The van der Waals surface area contributed by atoms with E-state index in [1.807, 2.05) is 7.11 Å². The maximum atomic E-state index is 9.20. The van der Waals surface area contributed by atoms with Crippen LogP contribution < -0.4 is 21.3 Å². The van der Waals surface area contributed by atoms with E-state index in [1.54, 1.807) is 0 Å². The Labute approximate surface area is 283 Å². The van der Waals surface area contributed by atoms with E-state index in [4.69, 9.17) is 4.74 Å². The van der Waals surface area contributed by atoms with Crippen LogP contribution in [0.3, 0.4) is 0 Å². The van der Waals surface area contributed by atoms with Crippen molar-refractivity contribution in [2.75, 3.05) is 49.3 Å². The quantitative estimate of drug-likeness (QED) is 0.0570. The van der Waals surface area contributed by atoms with Crippen LogP contribution in [0.5, 0.6) is 0 Å². The second-order valence-corrected chi connectivity index (χ2v) is 15.1. The monoisotopic (exact) mass is 648 g/mol. The molecule has 2 rings (SSSR count). The molecule has 9 heteroatoms. The molecule has 1 fully saturated rings. The van der Waals surface area contributed by atoms with Gasteiger partial charge in [-0.1, -0.05) is 103 Å². The van der Waals surface area contributed by atoms with Crippen molar-refractivity contribution in [3.05, 3.63) is 0 Å². The predicted molar refractivity (Wildman–Crippen MR) is 196 cm³/mol. The number of rotatable bonds is 28. The van der Waals surface area contributed by atoms with Gasteiger partial charge in [-0.15, -0.1) is 0 Å². The maximum Gasteiger partial charge on any atom is 0.229 e. The number of aliphatic hydroxyl groups is 1. The molecular weight excluding hydrogens is 574 g/mol. The highest BCUT2D eigenvalue weighted by molar-refractivity contribution is 5.42. The molecule has 1 aliphatic rings. The van der Waals surface area contributed by atoms with Gasteiger partial charge in [0.25, 0.3) is 0 Å². The molecule has 0 radical (unpaired) electrons. The van der Waals surface area contributed by atoms with E-state index in [0.717, 1.165) is 38.8 Å². The number of piperidine rings is 1. The van der Waals surface area contributed by atoms with Crippen molar-refractivity contribution in [1.82, 2.24) is 20.3 Å². The first-order valence-electron chi connectivity index (χ1n) is 19.1. The van der Waals surface area contributed by atoms with Crippen molar-refractivity contribution < 1.29 is 9.84 Å². The Morgan fingerprint density at radius 3 is 1.46 bits per heavy atom. The lowest BCUT2D eigenvalue weighted by Gasteiger charge is -2.48. The first-order chi connectivity index (χ1) is 22.2. The predicted octanol–water partition coefficient (Wildman–Crippen LogP) is 8.71. The molecule has 1 aliphatic heterocycles. The molecular formula is C37H73N7O2. The molecule has 0 saturated carbocycles. The summed E-state index contributed by atoms with van der Waals surface area (Å²) in [5, 5.41) is 23.1. The highest BCUT2D eigenvalue weighted by Gasteiger charge is 2.40. The SMILES string of the molecule is CCCCCCCCCCCCCCCCCCNc1nc(NCCCO)nc(NCCC(OC)C2CC(C)(C)NC(C)(C)C2)n1. The van der Waals surface area contributed by atoms with Gasteiger partial charge in [-0.3, -0.25) is 0 Å². The van der Waals surface area contributed by atoms with Crippen LogP contribution in [-0.4, -0.2) is 70.6 Å². The third-order valence-corrected chi connectivity index (χ3v) is 9.33. The van der Waals surface area contributed by atoms with Crippen LogP contribution in [-0.2, 0) is 4.74 Å². The number of aliphatic hydroxyl groups excluding tert-OH is 1. The fourth-order valence-electron chi connectivity index (χ4n) is 7.30. The minimum atomic E-state index is 0.0902. The first-order valence-corrected chi connectivity index (χ1v) is 19.1. The number of ether oxygens (including phenoxy) is 1. The summed E-state index contributed by atoms with van der Waals surface area (Å²) >= 11 is 0. The zero-order valence-corrected chi connectivity index (χ0v) is 30.8. The van der Waals surface area contributed by atoms with Crippen molar-refractivity contribution in [3.8, 4) is 0 Å². The number of anilines is 3. The standard InChI is InChI=1S/C37H73N7O2/c1-7-8-9-10-11-12-13-14-15-16-17-18-19-20-21-22-25-38-33-41-34(39-26-23-28-45)43-35(42-33)40-27-24-32(46-6)31-29-36(2,3)44-37(4,5)30-31/h31-32,44-45H,7-30H2,1-6H3,(H3,38,39,40,41,42,43). The van der Waals surface area contributed by atoms with Gasteiger partial charge in [0, 0.05) is 44.4 Å². The van der Waals surface area contributed by atoms with Crippen LogP contribution in [0.1, 0.15) is 163 Å². The minimum Gasteiger partial charge on any atom is -0.396 e. The summed E-state index contributed by atoms with van der Waals surface area (Å²) in [4.78, 5) is 13.8. The summed E-state index contributed by atoms with van der Waals surface area (Å²) in [6.07, 6.45) is 25.8. The lowest BCUT2D eigenvalue weighted by Crippen LogP contribution is -2.59. The highest BCUT2D eigenvalue weighted by Crippen LogP contribution is 2.36. The van der Waals surface area contributed by atoms with Crippen molar-refractivity contribution in [2.45, 2.75) is 180 Å². The number of hydrogen-bond acceptors (Lipinski definition) is 9. The van der Waals surface area contributed by atoms with E-state index in [0.29, 0.717) is 36.7 Å². The zero-order chi connectivity index (χ0) is 33.5. The fourth-order valence-corrected chi connectivity index (χ4v) is 7.30. The smallest absolute Gasteiger partial charge is 0.229 e. The third-order valence-electron chi connectivity index (χ3n) is 9.33. The number of hydrogen-bond donors (Lipinski definition) is 5. The third kappa shape index (κ3) is 18.6. The topological polar surface area (TPSA) is 116 Å².